The van der Waals surface area contributed by atoms with Crippen LogP contribution in [0.5, 0.6) is 11.5 Å². The Balaban J connectivity index is 2.20. The van der Waals surface area contributed by atoms with Gasteiger partial charge in [0.1, 0.15) is 0 Å². The van der Waals surface area contributed by atoms with E-state index in [1.165, 1.54) is 30.7 Å². The molecular formula is C16H16ClN3O5S. The number of ether oxygens (including phenoxy) is 1. The summed E-state index contributed by atoms with van der Waals surface area (Å²) < 4.78 is 33.0. The fourth-order valence-corrected chi connectivity index (χ4v) is 2.67. The van der Waals surface area contributed by atoms with Gasteiger partial charge in [0.2, 0.25) is 5.75 Å². The van der Waals surface area contributed by atoms with Gasteiger partial charge in [-0.3, -0.25) is 9.78 Å². The van der Waals surface area contributed by atoms with Crippen molar-refractivity contribution in [3.05, 3.63) is 52.8 Å². The number of hydrogen-bond acceptors (Lipinski definition) is 7. The summed E-state index contributed by atoms with van der Waals surface area (Å²) in [5.41, 5.74) is 3.25. The number of amides is 1. The van der Waals surface area contributed by atoms with Crippen molar-refractivity contribution in [2.24, 2.45) is 5.10 Å². The Morgan fingerprint density at radius 3 is 2.65 bits per heavy atom. The molecule has 0 unspecified atom stereocenters. The number of nitrogens with one attached hydrogen (secondary N) is 1. The molecule has 1 aromatic carbocycles. The van der Waals surface area contributed by atoms with E-state index in [0.29, 0.717) is 11.1 Å². The molecule has 0 atom stereocenters. The molecule has 0 bridgehead atoms. The predicted molar refractivity (Wildman–Crippen MR) is 97.4 cm³/mol. The Bertz CT molecular complexity index is 917. The van der Waals surface area contributed by atoms with Gasteiger partial charge in [-0.25, -0.2) is 5.43 Å². The summed E-state index contributed by atoms with van der Waals surface area (Å²) in [5.74, 6) is -0.363. The first-order chi connectivity index (χ1) is 12.3. The number of hydrazone groups is 1. The Morgan fingerprint density at radius 2 is 2.04 bits per heavy atom. The molecule has 0 saturated carbocycles. The van der Waals surface area contributed by atoms with E-state index in [4.69, 9.17) is 20.5 Å². The molecule has 1 aromatic heterocycles. The first-order valence-electron chi connectivity index (χ1n) is 7.39. The zero-order valence-corrected chi connectivity index (χ0v) is 15.5. The standard InChI is InChI=1S/C16H16ClN3O5S/c1-3-24-14-9-11(8-13(17)15(14)25-26(2,22)23)10-19-20-16(21)12-4-6-18-7-5-12/h4-10H,3H2,1-2H3,(H,20,21). The molecule has 0 saturated heterocycles. The molecule has 0 aliphatic heterocycles. The molecule has 10 heteroatoms. The summed E-state index contributed by atoms with van der Waals surface area (Å²) in [7, 11) is -3.77. The van der Waals surface area contributed by atoms with Gasteiger partial charge in [-0.05, 0) is 36.8 Å². The van der Waals surface area contributed by atoms with Gasteiger partial charge in [-0.1, -0.05) is 11.6 Å². The number of halogens is 1. The normalized spacial score (nSPS) is 11.3. The Morgan fingerprint density at radius 1 is 1.35 bits per heavy atom. The number of pyridine rings is 1. The Hall–Kier alpha value is -2.65. The van der Waals surface area contributed by atoms with Crippen LogP contribution in [-0.4, -0.2) is 38.4 Å². The molecular weight excluding hydrogens is 382 g/mol. The molecule has 0 aliphatic rings. The lowest BCUT2D eigenvalue weighted by Crippen LogP contribution is -2.17. The lowest BCUT2D eigenvalue weighted by atomic mass is 10.2. The van der Waals surface area contributed by atoms with Crippen molar-refractivity contribution in [2.45, 2.75) is 6.92 Å². The van der Waals surface area contributed by atoms with Crippen molar-refractivity contribution in [3.8, 4) is 11.5 Å². The van der Waals surface area contributed by atoms with Crippen LogP contribution in [0.4, 0.5) is 0 Å². The highest BCUT2D eigenvalue weighted by atomic mass is 35.5. The number of carbonyl (C=O) groups is 1. The quantitative estimate of drug-likeness (QED) is 0.436. The van der Waals surface area contributed by atoms with Crippen molar-refractivity contribution in [3.63, 3.8) is 0 Å². The number of carbonyl (C=O) groups excluding carboxylic acids is 1. The van der Waals surface area contributed by atoms with Gasteiger partial charge in [0, 0.05) is 18.0 Å². The summed E-state index contributed by atoms with van der Waals surface area (Å²) in [6.45, 7) is 2.00. The van der Waals surface area contributed by atoms with Gasteiger partial charge >= 0.3 is 10.1 Å². The largest absolute Gasteiger partial charge is 0.490 e. The van der Waals surface area contributed by atoms with E-state index in [1.54, 1.807) is 19.1 Å². The molecule has 26 heavy (non-hydrogen) atoms. The zero-order valence-electron chi connectivity index (χ0n) is 14.0. The first kappa shape index (κ1) is 19.7. The SMILES string of the molecule is CCOc1cc(C=NNC(=O)c2ccncc2)cc(Cl)c1OS(C)(=O)=O. The van der Waals surface area contributed by atoms with Crippen molar-refractivity contribution < 1.29 is 22.1 Å². The molecule has 1 amide bonds. The average Bonchev–Trinajstić information content (AvgIpc) is 2.58. The van der Waals surface area contributed by atoms with Crippen LogP contribution in [0.25, 0.3) is 0 Å². The molecule has 0 fully saturated rings. The van der Waals surface area contributed by atoms with E-state index >= 15 is 0 Å². The van der Waals surface area contributed by atoms with Crippen LogP contribution in [-0.2, 0) is 10.1 Å². The van der Waals surface area contributed by atoms with Crippen molar-refractivity contribution in [1.29, 1.82) is 0 Å². The van der Waals surface area contributed by atoms with E-state index in [-0.39, 0.29) is 23.1 Å². The fourth-order valence-electron chi connectivity index (χ4n) is 1.89. The van der Waals surface area contributed by atoms with E-state index < -0.39 is 16.0 Å². The number of nitrogens with zero attached hydrogens (tertiary/aromatic N) is 2. The van der Waals surface area contributed by atoms with Crippen molar-refractivity contribution in [2.75, 3.05) is 12.9 Å². The second-order valence-corrected chi connectivity index (χ2v) is 6.97. The predicted octanol–water partition coefficient (Wildman–Crippen LogP) is 2.24. The van der Waals surface area contributed by atoms with Crippen LogP contribution in [0.3, 0.4) is 0 Å². The summed E-state index contributed by atoms with van der Waals surface area (Å²) in [5, 5.41) is 3.88. The van der Waals surface area contributed by atoms with Gasteiger partial charge in [-0.15, -0.1) is 0 Å². The monoisotopic (exact) mass is 397 g/mol. The summed E-state index contributed by atoms with van der Waals surface area (Å²) in [6.07, 6.45) is 5.24. The Kier molecular flexibility index (Phi) is 6.53. The van der Waals surface area contributed by atoms with Gasteiger partial charge in [0.05, 0.1) is 24.1 Å². The molecule has 8 nitrogen and oxygen atoms in total. The Labute approximate surface area is 155 Å². The summed E-state index contributed by atoms with van der Waals surface area (Å²) >= 11 is 6.09. The highest BCUT2D eigenvalue weighted by molar-refractivity contribution is 7.86. The number of hydrogen-bond donors (Lipinski definition) is 1. The number of aromatic nitrogens is 1. The minimum absolute atomic E-state index is 0.0308. The topological polar surface area (TPSA) is 107 Å². The van der Waals surface area contributed by atoms with Gasteiger partial charge in [0.15, 0.2) is 5.75 Å². The number of benzene rings is 1. The summed E-state index contributed by atoms with van der Waals surface area (Å²) in [4.78, 5) is 15.7. The maximum absolute atomic E-state index is 11.9. The maximum Gasteiger partial charge on any atom is 0.306 e. The molecule has 2 rings (SSSR count). The second-order valence-electron chi connectivity index (χ2n) is 4.99. The third-order valence-electron chi connectivity index (χ3n) is 2.89. The first-order valence-corrected chi connectivity index (χ1v) is 9.59. The molecule has 0 spiro atoms. The van der Waals surface area contributed by atoms with Crippen molar-refractivity contribution in [1.82, 2.24) is 10.4 Å². The highest BCUT2D eigenvalue weighted by Crippen LogP contribution is 2.37. The third kappa shape index (κ3) is 5.71. The van der Waals surface area contributed by atoms with Crippen molar-refractivity contribution >= 4 is 33.8 Å². The average molecular weight is 398 g/mol. The fraction of sp³-hybridized carbons (Fsp3) is 0.188. The van der Waals surface area contributed by atoms with Crippen LogP contribution in [0, 0.1) is 0 Å². The molecule has 1 heterocycles. The maximum atomic E-state index is 11.9. The van der Waals surface area contributed by atoms with Gasteiger partial charge in [-0.2, -0.15) is 13.5 Å². The van der Waals surface area contributed by atoms with Crippen LogP contribution >= 0.6 is 11.6 Å². The molecule has 0 radical (unpaired) electrons. The van der Waals surface area contributed by atoms with E-state index in [0.717, 1.165) is 6.26 Å². The molecule has 2 aromatic rings. The van der Waals surface area contributed by atoms with E-state index in [9.17, 15) is 13.2 Å². The third-order valence-corrected chi connectivity index (χ3v) is 3.64. The smallest absolute Gasteiger partial charge is 0.306 e. The molecule has 1 N–H and O–H groups in total. The summed E-state index contributed by atoms with van der Waals surface area (Å²) in [6, 6.07) is 6.03. The van der Waals surface area contributed by atoms with Crippen LogP contribution in [0.1, 0.15) is 22.8 Å². The molecule has 0 aliphatic carbocycles. The van der Waals surface area contributed by atoms with Crippen LogP contribution < -0.4 is 14.3 Å². The second kappa shape index (κ2) is 8.63. The highest BCUT2D eigenvalue weighted by Gasteiger charge is 2.16. The lowest BCUT2D eigenvalue weighted by molar-refractivity contribution is 0.0955. The number of rotatable bonds is 7. The minimum atomic E-state index is -3.77. The van der Waals surface area contributed by atoms with Gasteiger partial charge in [0.25, 0.3) is 5.91 Å². The van der Waals surface area contributed by atoms with E-state index in [2.05, 4.69) is 15.5 Å². The van der Waals surface area contributed by atoms with E-state index in [1.807, 2.05) is 0 Å². The minimum Gasteiger partial charge on any atom is -0.490 e. The zero-order chi connectivity index (χ0) is 19.2. The van der Waals surface area contributed by atoms with Gasteiger partial charge < -0.3 is 8.92 Å². The molecule has 138 valence electrons. The van der Waals surface area contributed by atoms with Crippen LogP contribution in [0.2, 0.25) is 5.02 Å². The van der Waals surface area contributed by atoms with Crippen LogP contribution in [0.15, 0.2) is 41.8 Å². The lowest BCUT2D eigenvalue weighted by Gasteiger charge is -2.12.